The molecule has 0 bridgehead atoms. The maximum absolute atomic E-state index is 12.1. The maximum Gasteiger partial charge on any atom is 0.292 e. The molecule has 2 aromatic carbocycles. The second-order valence-electron chi connectivity index (χ2n) is 4.09. The minimum absolute atomic E-state index is 0.0927. The third kappa shape index (κ3) is 3.24. The third-order valence-electron chi connectivity index (χ3n) is 2.69. The molecule has 0 aliphatic carbocycles. The van der Waals surface area contributed by atoms with Gasteiger partial charge < -0.3 is 11.1 Å². The SMILES string of the molecule is Nc1cc(C(=O)Nc2cccc(Cl)c2Cl)ccc1[N+](=O)[O-]. The summed E-state index contributed by atoms with van der Waals surface area (Å²) in [5, 5.41) is 13.7. The van der Waals surface area contributed by atoms with Crippen LogP contribution in [0.25, 0.3) is 0 Å². The van der Waals surface area contributed by atoms with Gasteiger partial charge in [-0.2, -0.15) is 0 Å². The van der Waals surface area contributed by atoms with E-state index in [1.54, 1.807) is 18.2 Å². The number of nitro benzene ring substituents is 1. The summed E-state index contributed by atoms with van der Waals surface area (Å²) in [5.74, 6) is -0.499. The Labute approximate surface area is 129 Å². The Morgan fingerprint density at radius 3 is 2.57 bits per heavy atom. The van der Waals surface area contributed by atoms with E-state index in [-0.39, 0.29) is 22.0 Å². The lowest BCUT2D eigenvalue weighted by molar-refractivity contribution is -0.383. The first-order valence-corrected chi connectivity index (χ1v) is 6.45. The van der Waals surface area contributed by atoms with Gasteiger partial charge in [-0.25, -0.2) is 0 Å². The fourth-order valence-electron chi connectivity index (χ4n) is 1.66. The van der Waals surface area contributed by atoms with Crippen molar-refractivity contribution >= 4 is 46.2 Å². The number of nitro groups is 1. The fourth-order valence-corrected chi connectivity index (χ4v) is 2.00. The Kier molecular flexibility index (Phi) is 4.30. The molecule has 1 amide bonds. The molecule has 0 heterocycles. The fraction of sp³-hybridized carbons (Fsp3) is 0. The molecule has 21 heavy (non-hydrogen) atoms. The van der Waals surface area contributed by atoms with Gasteiger partial charge in [-0.05, 0) is 24.3 Å². The van der Waals surface area contributed by atoms with E-state index in [0.29, 0.717) is 10.7 Å². The molecule has 0 aromatic heterocycles. The Morgan fingerprint density at radius 1 is 1.24 bits per heavy atom. The predicted molar refractivity (Wildman–Crippen MR) is 81.9 cm³/mol. The van der Waals surface area contributed by atoms with E-state index >= 15 is 0 Å². The molecule has 2 aromatic rings. The van der Waals surface area contributed by atoms with Crippen LogP contribution in [0.4, 0.5) is 17.1 Å². The number of nitrogens with zero attached hydrogens (tertiary/aromatic N) is 1. The monoisotopic (exact) mass is 325 g/mol. The standard InChI is InChI=1S/C13H9Cl2N3O3/c14-8-2-1-3-10(12(8)15)17-13(19)7-4-5-11(18(20)21)9(16)6-7/h1-6H,16H2,(H,17,19). The van der Waals surface area contributed by atoms with Crippen LogP contribution in [-0.2, 0) is 0 Å². The zero-order chi connectivity index (χ0) is 15.6. The molecule has 0 saturated carbocycles. The van der Waals surface area contributed by atoms with Crippen molar-refractivity contribution in [2.75, 3.05) is 11.1 Å². The number of hydrogen-bond donors (Lipinski definition) is 2. The first-order valence-electron chi connectivity index (χ1n) is 5.69. The third-order valence-corrected chi connectivity index (χ3v) is 3.51. The number of carbonyl (C=O) groups excluding carboxylic acids is 1. The number of nitrogen functional groups attached to an aromatic ring is 1. The summed E-state index contributed by atoms with van der Waals surface area (Å²) >= 11 is 11.8. The van der Waals surface area contributed by atoms with Crippen LogP contribution in [0.5, 0.6) is 0 Å². The number of carbonyl (C=O) groups is 1. The van der Waals surface area contributed by atoms with Crippen LogP contribution in [0.15, 0.2) is 36.4 Å². The van der Waals surface area contributed by atoms with Crippen molar-refractivity contribution in [3.05, 3.63) is 62.1 Å². The van der Waals surface area contributed by atoms with Crippen LogP contribution in [0.1, 0.15) is 10.4 Å². The molecule has 0 aliphatic heterocycles. The lowest BCUT2D eigenvalue weighted by Crippen LogP contribution is -2.13. The highest BCUT2D eigenvalue weighted by Gasteiger charge is 2.15. The molecule has 0 unspecified atom stereocenters. The van der Waals surface area contributed by atoms with Gasteiger partial charge in [0.05, 0.1) is 20.7 Å². The van der Waals surface area contributed by atoms with Crippen molar-refractivity contribution in [2.45, 2.75) is 0 Å². The van der Waals surface area contributed by atoms with Crippen molar-refractivity contribution in [1.29, 1.82) is 0 Å². The van der Waals surface area contributed by atoms with Crippen LogP contribution in [0, 0.1) is 10.1 Å². The molecule has 0 radical (unpaired) electrons. The number of rotatable bonds is 3. The van der Waals surface area contributed by atoms with Crippen LogP contribution >= 0.6 is 23.2 Å². The summed E-state index contributed by atoms with van der Waals surface area (Å²) in [7, 11) is 0. The number of anilines is 2. The molecule has 3 N–H and O–H groups in total. The quantitative estimate of drug-likeness (QED) is 0.510. The summed E-state index contributed by atoms with van der Waals surface area (Å²) < 4.78 is 0. The molecule has 6 nitrogen and oxygen atoms in total. The molecule has 8 heteroatoms. The minimum Gasteiger partial charge on any atom is -0.393 e. The highest BCUT2D eigenvalue weighted by Crippen LogP contribution is 2.30. The van der Waals surface area contributed by atoms with E-state index in [1.807, 2.05) is 0 Å². The van der Waals surface area contributed by atoms with Crippen molar-refractivity contribution < 1.29 is 9.72 Å². The number of halogens is 2. The van der Waals surface area contributed by atoms with E-state index in [0.717, 1.165) is 0 Å². The second kappa shape index (κ2) is 5.99. The molecule has 0 aliphatic rings. The lowest BCUT2D eigenvalue weighted by atomic mass is 10.1. The summed E-state index contributed by atoms with van der Waals surface area (Å²) in [6.07, 6.45) is 0. The molecule has 0 spiro atoms. The van der Waals surface area contributed by atoms with Gasteiger partial charge >= 0.3 is 0 Å². The average molecular weight is 326 g/mol. The van der Waals surface area contributed by atoms with Crippen molar-refractivity contribution in [1.82, 2.24) is 0 Å². The highest BCUT2D eigenvalue weighted by molar-refractivity contribution is 6.44. The summed E-state index contributed by atoms with van der Waals surface area (Å²) in [4.78, 5) is 22.1. The van der Waals surface area contributed by atoms with E-state index < -0.39 is 10.8 Å². The molecule has 2 rings (SSSR count). The van der Waals surface area contributed by atoms with Crippen LogP contribution < -0.4 is 11.1 Å². The Bertz CT molecular complexity index is 735. The largest absolute Gasteiger partial charge is 0.393 e. The topological polar surface area (TPSA) is 98.3 Å². The normalized spacial score (nSPS) is 10.2. The van der Waals surface area contributed by atoms with Crippen molar-refractivity contribution in [2.24, 2.45) is 0 Å². The van der Waals surface area contributed by atoms with E-state index in [1.165, 1.54) is 18.2 Å². The van der Waals surface area contributed by atoms with Crippen molar-refractivity contribution in [3.63, 3.8) is 0 Å². The predicted octanol–water partition coefficient (Wildman–Crippen LogP) is 3.74. The Morgan fingerprint density at radius 2 is 1.95 bits per heavy atom. The van der Waals surface area contributed by atoms with E-state index in [2.05, 4.69) is 5.32 Å². The van der Waals surface area contributed by atoms with E-state index in [4.69, 9.17) is 28.9 Å². The summed E-state index contributed by atoms with van der Waals surface area (Å²) in [5.41, 5.74) is 5.70. The van der Waals surface area contributed by atoms with Gasteiger partial charge in [0.2, 0.25) is 0 Å². The number of nitrogens with two attached hydrogens (primary N) is 1. The Balaban J connectivity index is 2.27. The first kappa shape index (κ1) is 15.1. The zero-order valence-electron chi connectivity index (χ0n) is 10.5. The average Bonchev–Trinajstić information content (AvgIpc) is 2.43. The summed E-state index contributed by atoms with van der Waals surface area (Å²) in [6.45, 7) is 0. The molecule has 0 atom stereocenters. The van der Waals surface area contributed by atoms with E-state index in [9.17, 15) is 14.9 Å². The van der Waals surface area contributed by atoms with Gasteiger partial charge in [0.1, 0.15) is 5.69 Å². The molecular formula is C13H9Cl2N3O3. The summed E-state index contributed by atoms with van der Waals surface area (Å²) in [6, 6.07) is 8.51. The number of amides is 1. The zero-order valence-corrected chi connectivity index (χ0v) is 12.0. The Hall–Kier alpha value is -2.31. The van der Waals surface area contributed by atoms with Gasteiger partial charge in [-0.3, -0.25) is 14.9 Å². The van der Waals surface area contributed by atoms with Crippen LogP contribution in [-0.4, -0.2) is 10.8 Å². The molecule has 108 valence electrons. The van der Waals surface area contributed by atoms with Gasteiger partial charge in [0.25, 0.3) is 11.6 Å². The van der Waals surface area contributed by atoms with Gasteiger partial charge in [-0.15, -0.1) is 0 Å². The van der Waals surface area contributed by atoms with Crippen LogP contribution in [0.2, 0.25) is 10.0 Å². The number of nitrogens with one attached hydrogen (secondary N) is 1. The first-order chi connectivity index (χ1) is 9.90. The van der Waals surface area contributed by atoms with Gasteiger partial charge in [-0.1, -0.05) is 29.3 Å². The number of hydrogen-bond acceptors (Lipinski definition) is 4. The molecule has 0 fully saturated rings. The maximum atomic E-state index is 12.1. The number of benzene rings is 2. The minimum atomic E-state index is -0.620. The molecule has 0 saturated heterocycles. The highest BCUT2D eigenvalue weighted by atomic mass is 35.5. The van der Waals surface area contributed by atoms with Gasteiger partial charge in [0, 0.05) is 11.6 Å². The second-order valence-corrected chi connectivity index (χ2v) is 4.87. The van der Waals surface area contributed by atoms with Crippen LogP contribution in [0.3, 0.4) is 0 Å². The van der Waals surface area contributed by atoms with Gasteiger partial charge in [0.15, 0.2) is 0 Å². The lowest BCUT2D eigenvalue weighted by Gasteiger charge is -2.08. The molecular weight excluding hydrogens is 317 g/mol. The smallest absolute Gasteiger partial charge is 0.292 e. The van der Waals surface area contributed by atoms with Crippen molar-refractivity contribution in [3.8, 4) is 0 Å².